The summed E-state index contributed by atoms with van der Waals surface area (Å²) in [5.74, 6) is 2.99. The lowest BCUT2D eigenvalue weighted by Crippen LogP contribution is -2.39. The predicted molar refractivity (Wildman–Crippen MR) is 89.7 cm³/mol. The molecule has 122 valence electrons. The minimum absolute atomic E-state index is 0.169. The van der Waals surface area contributed by atoms with Crippen LogP contribution in [-0.4, -0.2) is 13.0 Å². The zero-order valence-electron chi connectivity index (χ0n) is 14.3. The van der Waals surface area contributed by atoms with Gasteiger partial charge in [0.25, 0.3) is 0 Å². The van der Waals surface area contributed by atoms with Crippen LogP contribution < -0.4 is 10.1 Å². The molecule has 0 heterocycles. The molecule has 1 aromatic rings. The lowest BCUT2D eigenvalue weighted by molar-refractivity contribution is -0.129. The zero-order chi connectivity index (χ0) is 16.1. The number of hydrogen-bond donors (Lipinski definition) is 1. The van der Waals surface area contributed by atoms with Gasteiger partial charge in [-0.2, -0.15) is 0 Å². The monoisotopic (exact) mass is 303 g/mol. The first-order valence-corrected chi connectivity index (χ1v) is 8.42. The first-order valence-electron chi connectivity index (χ1n) is 8.42. The van der Waals surface area contributed by atoms with Crippen molar-refractivity contribution in [1.29, 1.82) is 0 Å². The maximum atomic E-state index is 12.6. The van der Waals surface area contributed by atoms with Crippen molar-refractivity contribution in [3.05, 3.63) is 29.8 Å². The Morgan fingerprint density at radius 1 is 1.27 bits per heavy atom. The van der Waals surface area contributed by atoms with Gasteiger partial charge in [-0.05, 0) is 48.3 Å². The molecule has 0 saturated heterocycles. The highest BCUT2D eigenvalue weighted by molar-refractivity contribution is 5.79. The van der Waals surface area contributed by atoms with Gasteiger partial charge in [0.05, 0.1) is 7.11 Å². The average molecular weight is 303 g/mol. The fourth-order valence-electron chi connectivity index (χ4n) is 3.57. The van der Waals surface area contributed by atoms with Crippen LogP contribution in [0.15, 0.2) is 24.3 Å². The average Bonchev–Trinajstić information content (AvgIpc) is 2.52. The Bertz CT molecular complexity index is 481. The van der Waals surface area contributed by atoms with Crippen LogP contribution in [-0.2, 0) is 11.3 Å². The molecule has 0 aliphatic heterocycles. The molecule has 1 aromatic carbocycles. The van der Waals surface area contributed by atoms with E-state index in [0.717, 1.165) is 17.7 Å². The second kappa shape index (κ2) is 7.66. The van der Waals surface area contributed by atoms with Crippen LogP contribution >= 0.6 is 0 Å². The number of hydrogen-bond acceptors (Lipinski definition) is 2. The molecule has 1 N–H and O–H groups in total. The Morgan fingerprint density at radius 3 is 2.55 bits per heavy atom. The minimum Gasteiger partial charge on any atom is -0.497 e. The van der Waals surface area contributed by atoms with Crippen LogP contribution in [0, 0.1) is 23.7 Å². The quantitative estimate of drug-likeness (QED) is 0.892. The molecular formula is C19H29NO2. The summed E-state index contributed by atoms with van der Waals surface area (Å²) in [5, 5.41) is 3.13. The van der Waals surface area contributed by atoms with Crippen LogP contribution in [0.3, 0.4) is 0 Å². The van der Waals surface area contributed by atoms with E-state index < -0.39 is 0 Å². The number of ether oxygens (including phenoxy) is 1. The Hall–Kier alpha value is -1.51. The van der Waals surface area contributed by atoms with Crippen LogP contribution in [0.1, 0.15) is 45.6 Å². The molecule has 22 heavy (non-hydrogen) atoms. The van der Waals surface area contributed by atoms with Crippen LogP contribution in [0.5, 0.6) is 5.75 Å². The molecule has 2 rings (SSSR count). The number of benzene rings is 1. The zero-order valence-corrected chi connectivity index (χ0v) is 14.3. The van der Waals surface area contributed by atoms with E-state index in [-0.39, 0.29) is 11.8 Å². The van der Waals surface area contributed by atoms with E-state index in [2.05, 4.69) is 26.1 Å². The van der Waals surface area contributed by atoms with Crippen LogP contribution in [0.25, 0.3) is 0 Å². The maximum absolute atomic E-state index is 12.6. The molecule has 0 bridgehead atoms. The summed E-state index contributed by atoms with van der Waals surface area (Å²) in [6, 6.07) is 7.87. The van der Waals surface area contributed by atoms with E-state index in [0.29, 0.717) is 24.3 Å². The van der Waals surface area contributed by atoms with Gasteiger partial charge in [0, 0.05) is 12.5 Å². The maximum Gasteiger partial charge on any atom is 0.223 e. The smallest absolute Gasteiger partial charge is 0.223 e. The molecule has 1 fully saturated rings. The van der Waals surface area contributed by atoms with Gasteiger partial charge < -0.3 is 10.1 Å². The summed E-state index contributed by atoms with van der Waals surface area (Å²) < 4.78 is 5.15. The number of nitrogens with one attached hydrogen (secondary N) is 1. The molecule has 3 atom stereocenters. The van der Waals surface area contributed by atoms with Crippen molar-refractivity contribution < 1.29 is 9.53 Å². The molecule has 1 aliphatic carbocycles. The topological polar surface area (TPSA) is 38.3 Å². The van der Waals surface area contributed by atoms with Crippen molar-refractivity contribution in [2.75, 3.05) is 7.11 Å². The summed E-state index contributed by atoms with van der Waals surface area (Å²) >= 11 is 0. The fraction of sp³-hybridized carbons (Fsp3) is 0.632. The third kappa shape index (κ3) is 4.25. The molecule has 0 aromatic heterocycles. The van der Waals surface area contributed by atoms with Crippen molar-refractivity contribution in [3.63, 3.8) is 0 Å². The number of methoxy groups -OCH3 is 1. The van der Waals surface area contributed by atoms with Gasteiger partial charge in [-0.3, -0.25) is 4.79 Å². The Balaban J connectivity index is 1.94. The van der Waals surface area contributed by atoms with Gasteiger partial charge in [-0.15, -0.1) is 0 Å². The fourth-order valence-corrected chi connectivity index (χ4v) is 3.57. The summed E-state index contributed by atoms with van der Waals surface area (Å²) in [7, 11) is 1.66. The Labute approximate surface area is 134 Å². The van der Waals surface area contributed by atoms with Crippen LogP contribution in [0.2, 0.25) is 0 Å². The molecule has 1 amide bonds. The van der Waals surface area contributed by atoms with Gasteiger partial charge in [0.2, 0.25) is 5.91 Å². The number of carbonyl (C=O) groups excluding carboxylic acids is 1. The summed E-state index contributed by atoms with van der Waals surface area (Å²) in [6.07, 6.45) is 3.46. The van der Waals surface area contributed by atoms with Crippen molar-refractivity contribution >= 4 is 5.91 Å². The number of carbonyl (C=O) groups is 1. The standard InChI is InChI=1S/C19H29NO2/c1-13(2)17-10-5-14(3)11-18(17)19(21)20-12-15-6-8-16(22-4)9-7-15/h6-9,13-14,17-18H,5,10-12H2,1-4H3,(H,20,21)/t14-,17+,18-/m1/s1. The van der Waals surface area contributed by atoms with E-state index in [1.165, 1.54) is 12.8 Å². The van der Waals surface area contributed by atoms with E-state index in [1.54, 1.807) is 7.11 Å². The lowest BCUT2D eigenvalue weighted by Gasteiger charge is -2.36. The molecular weight excluding hydrogens is 274 g/mol. The van der Waals surface area contributed by atoms with E-state index >= 15 is 0 Å². The van der Waals surface area contributed by atoms with E-state index in [1.807, 2.05) is 24.3 Å². The van der Waals surface area contributed by atoms with Gasteiger partial charge in [-0.25, -0.2) is 0 Å². The molecule has 3 nitrogen and oxygen atoms in total. The summed E-state index contributed by atoms with van der Waals surface area (Å²) in [6.45, 7) is 7.34. The van der Waals surface area contributed by atoms with Gasteiger partial charge in [0.1, 0.15) is 5.75 Å². The molecule has 0 radical (unpaired) electrons. The SMILES string of the molecule is COc1ccc(CNC(=O)[C@@H]2C[C@H](C)CC[C@H]2C(C)C)cc1. The largest absolute Gasteiger partial charge is 0.497 e. The first kappa shape index (κ1) is 16.9. The number of amides is 1. The third-order valence-electron chi connectivity index (χ3n) is 4.98. The van der Waals surface area contributed by atoms with Crippen molar-refractivity contribution in [3.8, 4) is 5.75 Å². The molecule has 3 heteroatoms. The highest BCUT2D eigenvalue weighted by Gasteiger charge is 2.35. The first-order chi connectivity index (χ1) is 10.5. The van der Waals surface area contributed by atoms with Crippen molar-refractivity contribution in [1.82, 2.24) is 5.32 Å². The highest BCUT2D eigenvalue weighted by Crippen LogP contribution is 2.38. The molecule has 0 spiro atoms. The molecule has 1 aliphatic rings. The summed E-state index contributed by atoms with van der Waals surface area (Å²) in [5.41, 5.74) is 1.11. The highest BCUT2D eigenvalue weighted by atomic mass is 16.5. The van der Waals surface area contributed by atoms with Crippen molar-refractivity contribution in [2.24, 2.45) is 23.7 Å². The Morgan fingerprint density at radius 2 is 1.95 bits per heavy atom. The summed E-state index contributed by atoms with van der Waals surface area (Å²) in [4.78, 5) is 12.6. The lowest BCUT2D eigenvalue weighted by atomic mass is 9.70. The number of rotatable bonds is 5. The minimum atomic E-state index is 0.169. The second-order valence-electron chi connectivity index (χ2n) is 7.00. The predicted octanol–water partition coefficient (Wildman–Crippen LogP) is 4.02. The van der Waals surface area contributed by atoms with E-state index in [4.69, 9.17) is 4.74 Å². The molecule has 1 saturated carbocycles. The van der Waals surface area contributed by atoms with E-state index in [9.17, 15) is 4.79 Å². The van der Waals surface area contributed by atoms with Gasteiger partial charge >= 0.3 is 0 Å². The Kier molecular flexibility index (Phi) is 5.87. The van der Waals surface area contributed by atoms with Gasteiger partial charge in [0.15, 0.2) is 0 Å². The molecule has 0 unspecified atom stereocenters. The van der Waals surface area contributed by atoms with Gasteiger partial charge in [-0.1, -0.05) is 39.3 Å². The second-order valence-corrected chi connectivity index (χ2v) is 7.00. The third-order valence-corrected chi connectivity index (χ3v) is 4.98. The van der Waals surface area contributed by atoms with Crippen LogP contribution in [0.4, 0.5) is 0 Å². The van der Waals surface area contributed by atoms with Crippen molar-refractivity contribution in [2.45, 2.75) is 46.6 Å². The normalized spacial score (nSPS) is 25.0.